The maximum absolute atomic E-state index is 5.82. The number of nitrogens with one attached hydrogen (secondary N) is 1. The molecule has 0 spiro atoms. The van der Waals surface area contributed by atoms with Gasteiger partial charge in [-0.3, -0.25) is 0 Å². The van der Waals surface area contributed by atoms with Gasteiger partial charge in [0.25, 0.3) is 0 Å². The topological polar surface area (TPSA) is 24.5 Å². The van der Waals surface area contributed by atoms with Gasteiger partial charge in [0.05, 0.1) is 6.10 Å². The molecule has 2 atom stereocenters. The minimum Gasteiger partial charge on any atom is -0.378 e. The highest BCUT2D eigenvalue weighted by Crippen LogP contribution is 2.21. The van der Waals surface area contributed by atoms with Gasteiger partial charge in [0.15, 0.2) is 0 Å². The van der Waals surface area contributed by atoms with Gasteiger partial charge in [0.1, 0.15) is 0 Å². The average Bonchev–Trinajstić information content (AvgIpc) is 2.53. The number of ether oxygens (including phenoxy) is 1. The van der Waals surface area contributed by atoms with Crippen LogP contribution in [0.15, 0.2) is 0 Å². The summed E-state index contributed by atoms with van der Waals surface area (Å²) in [7, 11) is 2.32. The van der Waals surface area contributed by atoms with Gasteiger partial charge in [0, 0.05) is 18.7 Å². The Kier molecular flexibility index (Phi) is 8.05. The lowest BCUT2D eigenvalue weighted by Gasteiger charge is -2.32. The minimum atomic E-state index is 0.506. The standard InChI is InChI=1S/C18H36N2O/c1-3-8-18-15-16(11-14-21-18)19-12-7-13-20(2)17-9-5-4-6-10-17/h16-19H,3-15H2,1-2H3. The fourth-order valence-electron chi connectivity index (χ4n) is 3.93. The zero-order valence-electron chi connectivity index (χ0n) is 14.3. The maximum atomic E-state index is 5.82. The molecule has 2 rings (SSSR count). The Morgan fingerprint density at radius 2 is 1.95 bits per heavy atom. The molecule has 2 fully saturated rings. The first-order chi connectivity index (χ1) is 10.3. The van der Waals surface area contributed by atoms with Gasteiger partial charge in [-0.1, -0.05) is 32.6 Å². The SMILES string of the molecule is CCCC1CC(NCCCN(C)C2CCCCC2)CCO1. The minimum absolute atomic E-state index is 0.506. The van der Waals surface area contributed by atoms with Crippen molar-refractivity contribution in [2.45, 2.75) is 89.3 Å². The largest absolute Gasteiger partial charge is 0.378 e. The number of rotatable bonds is 8. The van der Waals surface area contributed by atoms with Crippen LogP contribution in [-0.4, -0.2) is 49.8 Å². The van der Waals surface area contributed by atoms with Crippen molar-refractivity contribution in [3.8, 4) is 0 Å². The fourth-order valence-corrected chi connectivity index (χ4v) is 3.93. The summed E-state index contributed by atoms with van der Waals surface area (Å²) in [6.07, 6.45) is 13.8. The highest BCUT2D eigenvalue weighted by molar-refractivity contribution is 4.77. The quantitative estimate of drug-likeness (QED) is 0.693. The molecule has 1 aliphatic carbocycles. The van der Waals surface area contributed by atoms with Gasteiger partial charge >= 0.3 is 0 Å². The van der Waals surface area contributed by atoms with Crippen LogP contribution in [0.3, 0.4) is 0 Å². The smallest absolute Gasteiger partial charge is 0.0589 e. The van der Waals surface area contributed by atoms with Crippen LogP contribution in [0.5, 0.6) is 0 Å². The van der Waals surface area contributed by atoms with E-state index in [0.717, 1.165) is 12.6 Å². The van der Waals surface area contributed by atoms with E-state index in [2.05, 4.69) is 24.2 Å². The molecule has 0 bridgehead atoms. The van der Waals surface area contributed by atoms with Gasteiger partial charge < -0.3 is 15.0 Å². The molecular formula is C18H36N2O. The maximum Gasteiger partial charge on any atom is 0.0589 e. The van der Waals surface area contributed by atoms with Crippen LogP contribution in [-0.2, 0) is 4.74 Å². The van der Waals surface area contributed by atoms with Gasteiger partial charge in [0.2, 0.25) is 0 Å². The summed E-state index contributed by atoms with van der Waals surface area (Å²) in [6.45, 7) is 5.62. The van der Waals surface area contributed by atoms with Crippen molar-refractivity contribution in [1.82, 2.24) is 10.2 Å². The van der Waals surface area contributed by atoms with Crippen LogP contribution in [0.2, 0.25) is 0 Å². The van der Waals surface area contributed by atoms with E-state index < -0.39 is 0 Å². The van der Waals surface area contributed by atoms with Crippen LogP contribution < -0.4 is 5.32 Å². The van der Waals surface area contributed by atoms with Crippen molar-refractivity contribution in [3.63, 3.8) is 0 Å². The van der Waals surface area contributed by atoms with Crippen LogP contribution in [0.4, 0.5) is 0 Å². The van der Waals surface area contributed by atoms with E-state index in [9.17, 15) is 0 Å². The second-order valence-electron chi connectivity index (χ2n) is 7.08. The molecule has 0 aromatic rings. The van der Waals surface area contributed by atoms with Crippen molar-refractivity contribution in [3.05, 3.63) is 0 Å². The number of nitrogens with zero attached hydrogens (tertiary/aromatic N) is 1. The van der Waals surface area contributed by atoms with Crippen LogP contribution in [0.1, 0.15) is 71.1 Å². The third-order valence-corrected chi connectivity index (χ3v) is 5.30. The van der Waals surface area contributed by atoms with E-state index in [4.69, 9.17) is 4.74 Å². The molecule has 124 valence electrons. The molecule has 21 heavy (non-hydrogen) atoms. The van der Waals surface area contributed by atoms with Crippen molar-refractivity contribution < 1.29 is 4.74 Å². The first-order valence-electron chi connectivity index (χ1n) is 9.34. The lowest BCUT2D eigenvalue weighted by atomic mass is 9.94. The van der Waals surface area contributed by atoms with Crippen molar-refractivity contribution in [1.29, 1.82) is 0 Å². The lowest BCUT2D eigenvalue weighted by molar-refractivity contribution is -0.00321. The van der Waals surface area contributed by atoms with Gasteiger partial charge in [-0.05, 0) is 58.7 Å². The molecule has 0 amide bonds. The zero-order valence-corrected chi connectivity index (χ0v) is 14.3. The van der Waals surface area contributed by atoms with E-state index in [1.54, 1.807) is 0 Å². The highest BCUT2D eigenvalue weighted by atomic mass is 16.5. The monoisotopic (exact) mass is 296 g/mol. The first-order valence-corrected chi connectivity index (χ1v) is 9.34. The molecule has 2 aliphatic rings. The Bertz CT molecular complexity index is 264. The van der Waals surface area contributed by atoms with Crippen molar-refractivity contribution in [2.24, 2.45) is 0 Å². The summed E-state index contributed by atoms with van der Waals surface area (Å²) in [5.74, 6) is 0. The summed E-state index contributed by atoms with van der Waals surface area (Å²) < 4.78 is 5.82. The van der Waals surface area contributed by atoms with Crippen LogP contribution in [0, 0.1) is 0 Å². The van der Waals surface area contributed by atoms with Crippen LogP contribution in [0.25, 0.3) is 0 Å². The molecule has 1 N–H and O–H groups in total. The highest BCUT2D eigenvalue weighted by Gasteiger charge is 2.21. The average molecular weight is 296 g/mol. The second kappa shape index (κ2) is 9.81. The van der Waals surface area contributed by atoms with Crippen molar-refractivity contribution >= 4 is 0 Å². The first kappa shape index (κ1) is 17.2. The molecule has 0 aromatic carbocycles. The van der Waals surface area contributed by atoms with Crippen molar-refractivity contribution in [2.75, 3.05) is 26.7 Å². The summed E-state index contributed by atoms with van der Waals surface area (Å²) in [5, 5.41) is 3.76. The summed E-state index contributed by atoms with van der Waals surface area (Å²) in [5.41, 5.74) is 0. The van der Waals surface area contributed by atoms with Gasteiger partial charge in [-0.2, -0.15) is 0 Å². The van der Waals surface area contributed by atoms with Gasteiger partial charge in [-0.15, -0.1) is 0 Å². The molecule has 1 saturated carbocycles. The molecule has 3 heteroatoms. The second-order valence-corrected chi connectivity index (χ2v) is 7.08. The van der Waals surface area contributed by atoms with E-state index in [0.29, 0.717) is 12.1 Å². The Hall–Kier alpha value is -0.120. The molecule has 0 radical (unpaired) electrons. The molecule has 1 heterocycles. The third kappa shape index (κ3) is 6.25. The molecule has 0 aromatic heterocycles. The number of hydrogen-bond donors (Lipinski definition) is 1. The lowest BCUT2D eigenvalue weighted by Crippen LogP contribution is -2.40. The Morgan fingerprint density at radius 3 is 2.71 bits per heavy atom. The predicted molar refractivity (Wildman–Crippen MR) is 89.8 cm³/mol. The summed E-state index contributed by atoms with van der Waals surface area (Å²) in [4.78, 5) is 2.60. The zero-order chi connectivity index (χ0) is 14.9. The normalized spacial score (nSPS) is 28.1. The Morgan fingerprint density at radius 1 is 1.14 bits per heavy atom. The Labute approximate surface area is 131 Å². The van der Waals surface area contributed by atoms with E-state index in [-0.39, 0.29) is 0 Å². The molecule has 2 unspecified atom stereocenters. The molecular weight excluding hydrogens is 260 g/mol. The van der Waals surface area contributed by atoms with E-state index in [1.807, 2.05) is 0 Å². The van der Waals surface area contributed by atoms with E-state index >= 15 is 0 Å². The Balaban J connectivity index is 1.54. The third-order valence-electron chi connectivity index (χ3n) is 5.30. The van der Waals surface area contributed by atoms with Crippen LogP contribution >= 0.6 is 0 Å². The molecule has 1 saturated heterocycles. The van der Waals surface area contributed by atoms with Gasteiger partial charge in [-0.25, -0.2) is 0 Å². The predicted octanol–water partition coefficient (Wildman–Crippen LogP) is 3.58. The summed E-state index contributed by atoms with van der Waals surface area (Å²) in [6, 6.07) is 1.55. The molecule has 1 aliphatic heterocycles. The number of hydrogen-bond acceptors (Lipinski definition) is 3. The molecule has 3 nitrogen and oxygen atoms in total. The fraction of sp³-hybridized carbons (Fsp3) is 1.00. The summed E-state index contributed by atoms with van der Waals surface area (Å²) >= 11 is 0. The van der Waals surface area contributed by atoms with E-state index in [1.165, 1.54) is 77.3 Å².